The van der Waals surface area contributed by atoms with Crippen LogP contribution in [0, 0.1) is 0 Å². The van der Waals surface area contributed by atoms with Crippen LogP contribution in [-0.4, -0.2) is 54.7 Å². The second-order valence-corrected chi connectivity index (χ2v) is 11.5. The first-order valence-corrected chi connectivity index (χ1v) is 13.5. The van der Waals surface area contributed by atoms with Crippen LogP contribution in [0.3, 0.4) is 0 Å². The van der Waals surface area contributed by atoms with Gasteiger partial charge in [0.25, 0.3) is 0 Å². The molecule has 0 amide bonds. The maximum atomic E-state index is 12.8. The summed E-state index contributed by atoms with van der Waals surface area (Å²) in [5.41, 5.74) is 1.28. The number of nitrogens with zero attached hydrogens (tertiary/aromatic N) is 3. The van der Waals surface area contributed by atoms with Crippen molar-refractivity contribution in [3.05, 3.63) is 53.3 Å². The van der Waals surface area contributed by atoms with Gasteiger partial charge < -0.3 is 25.3 Å². The summed E-state index contributed by atoms with van der Waals surface area (Å²) >= 11 is 6.26. The van der Waals surface area contributed by atoms with Crippen molar-refractivity contribution in [2.75, 3.05) is 44.2 Å². The van der Waals surface area contributed by atoms with E-state index in [9.17, 15) is 17.7 Å². The molecule has 0 radical (unpaired) electrons. The molecule has 3 aromatic rings. The number of benzene rings is 1. The highest BCUT2D eigenvalue weighted by atomic mass is 35.5. The number of para-hydroxylation sites is 1. The van der Waals surface area contributed by atoms with Crippen molar-refractivity contribution in [3.63, 3.8) is 0 Å². The minimum atomic E-state index is -4.53. The zero-order valence-corrected chi connectivity index (χ0v) is 20.9. The number of pyridine rings is 1. The lowest BCUT2D eigenvalue weighted by Gasteiger charge is -2.16. The predicted molar refractivity (Wildman–Crippen MR) is 133 cm³/mol. The summed E-state index contributed by atoms with van der Waals surface area (Å²) in [7, 11) is -0.839. The smallest absolute Gasteiger partial charge is 0.422 e. The fraction of sp³-hybridized carbons (Fsp3) is 0.318. The first kappa shape index (κ1) is 26.7. The highest BCUT2D eigenvalue weighted by molar-refractivity contribution is 7.70. The van der Waals surface area contributed by atoms with E-state index in [-0.39, 0.29) is 28.4 Å². The molecule has 0 aliphatic carbocycles. The van der Waals surface area contributed by atoms with Gasteiger partial charge in [-0.1, -0.05) is 23.7 Å². The van der Waals surface area contributed by atoms with Crippen LogP contribution in [0.1, 0.15) is 5.69 Å². The zero-order chi connectivity index (χ0) is 25.6. The van der Waals surface area contributed by atoms with E-state index in [1.807, 2.05) is 0 Å². The summed E-state index contributed by atoms with van der Waals surface area (Å²) < 4.78 is 55.9. The maximum Gasteiger partial charge on any atom is 0.422 e. The van der Waals surface area contributed by atoms with Gasteiger partial charge >= 0.3 is 6.18 Å². The van der Waals surface area contributed by atoms with E-state index in [0.29, 0.717) is 29.7 Å². The molecule has 0 saturated heterocycles. The lowest BCUT2D eigenvalue weighted by molar-refractivity contribution is -0.154. The number of aromatic nitrogens is 3. The summed E-state index contributed by atoms with van der Waals surface area (Å²) in [5, 5.41) is 9.68. The van der Waals surface area contributed by atoms with Gasteiger partial charge in [0.15, 0.2) is 12.4 Å². The molecule has 2 aromatic heterocycles. The number of hydrogen-bond donors (Lipinski definition) is 3. The Morgan fingerprint density at radius 2 is 1.80 bits per heavy atom. The van der Waals surface area contributed by atoms with Crippen molar-refractivity contribution in [2.45, 2.75) is 12.6 Å². The van der Waals surface area contributed by atoms with E-state index in [0.717, 1.165) is 0 Å². The molecule has 1 aromatic carbocycles. The number of rotatable bonds is 10. The number of halogens is 4. The van der Waals surface area contributed by atoms with Gasteiger partial charge in [0.05, 0.1) is 11.9 Å². The van der Waals surface area contributed by atoms with Crippen LogP contribution in [0.15, 0.2) is 42.6 Å². The number of ether oxygens (including phenoxy) is 1. The van der Waals surface area contributed by atoms with Crippen LogP contribution in [0.2, 0.25) is 5.02 Å². The molecular formula is C22H25ClF3N6O2P. The van der Waals surface area contributed by atoms with Gasteiger partial charge in [-0.2, -0.15) is 18.2 Å². The van der Waals surface area contributed by atoms with E-state index >= 15 is 0 Å². The average Bonchev–Trinajstić information content (AvgIpc) is 2.78. The van der Waals surface area contributed by atoms with Crippen LogP contribution in [0.5, 0.6) is 5.88 Å². The molecular weight excluding hydrogens is 504 g/mol. The molecule has 0 aliphatic heterocycles. The third-order valence-corrected chi connectivity index (χ3v) is 6.48. The quantitative estimate of drug-likeness (QED) is 0.317. The summed E-state index contributed by atoms with van der Waals surface area (Å²) in [6, 6.07) is 10.3. The van der Waals surface area contributed by atoms with Crippen molar-refractivity contribution in [2.24, 2.45) is 0 Å². The SMILES string of the molecule is CNCCc1ccc(Nc2ncc(Cl)c(Nc3ccccc3P(C)(C)=O)n2)c(OCC(F)(F)F)n1. The van der Waals surface area contributed by atoms with Crippen LogP contribution in [0.25, 0.3) is 0 Å². The van der Waals surface area contributed by atoms with Crippen LogP contribution >= 0.6 is 18.7 Å². The summed E-state index contributed by atoms with van der Waals surface area (Å²) in [5.74, 6) is 0.0425. The molecule has 0 atom stereocenters. The standard InChI is InChI=1S/C22H25ClF3N6O2P/c1-27-11-10-14-8-9-17(20(29-14)34-13-22(24,25)26)31-21-28-12-15(23)19(32-21)30-16-6-4-5-7-18(16)35(2,3)33/h4-9,12,27H,10-11,13H2,1-3H3,(H2,28,30,31,32). The Bertz CT molecular complexity index is 1220. The second-order valence-electron chi connectivity index (χ2n) is 7.92. The molecule has 0 saturated carbocycles. The molecule has 0 spiro atoms. The molecule has 0 bridgehead atoms. The number of nitrogens with one attached hydrogen (secondary N) is 3. The normalized spacial score (nSPS) is 11.9. The summed E-state index contributed by atoms with van der Waals surface area (Å²) in [6.07, 6.45) is -2.69. The molecule has 13 heteroatoms. The Hall–Kier alpha value is -2.88. The fourth-order valence-electron chi connectivity index (χ4n) is 3.04. The van der Waals surface area contributed by atoms with Gasteiger partial charge in [-0.3, -0.25) is 0 Å². The van der Waals surface area contributed by atoms with Crippen molar-refractivity contribution >= 4 is 47.2 Å². The maximum absolute atomic E-state index is 12.8. The van der Waals surface area contributed by atoms with Gasteiger partial charge in [0.1, 0.15) is 17.9 Å². The number of hydrogen-bond acceptors (Lipinski definition) is 8. The lowest BCUT2D eigenvalue weighted by Crippen LogP contribution is -2.20. The first-order valence-electron chi connectivity index (χ1n) is 10.5. The molecule has 0 aliphatic rings. The topological polar surface area (TPSA) is 101 Å². The third kappa shape index (κ3) is 7.81. The third-order valence-electron chi connectivity index (χ3n) is 4.65. The van der Waals surface area contributed by atoms with Gasteiger partial charge in [-0.25, -0.2) is 9.97 Å². The molecule has 0 unspecified atom stereocenters. The fourth-order valence-corrected chi connectivity index (χ4v) is 4.33. The highest BCUT2D eigenvalue weighted by Crippen LogP contribution is 2.38. The molecule has 3 N–H and O–H groups in total. The lowest BCUT2D eigenvalue weighted by atomic mass is 10.2. The summed E-state index contributed by atoms with van der Waals surface area (Å²) in [6.45, 7) is 2.40. The number of anilines is 4. The first-order chi connectivity index (χ1) is 16.5. The van der Waals surface area contributed by atoms with Gasteiger partial charge in [0, 0.05) is 24.0 Å². The molecule has 3 rings (SSSR count). The van der Waals surface area contributed by atoms with E-state index in [2.05, 4.69) is 30.9 Å². The van der Waals surface area contributed by atoms with Gasteiger partial charge in [0.2, 0.25) is 11.8 Å². The van der Waals surface area contributed by atoms with Crippen LogP contribution in [0.4, 0.5) is 36.3 Å². The monoisotopic (exact) mass is 528 g/mol. The number of alkyl halides is 3. The Labute approximate surface area is 206 Å². The Kier molecular flexibility index (Phi) is 8.58. The minimum absolute atomic E-state index is 0.0483. The largest absolute Gasteiger partial charge is 0.467 e. The van der Waals surface area contributed by atoms with Crippen molar-refractivity contribution in [1.82, 2.24) is 20.3 Å². The number of likely N-dealkylation sites (N-methyl/N-ethyl adjacent to an activating group) is 1. The molecule has 35 heavy (non-hydrogen) atoms. The zero-order valence-electron chi connectivity index (χ0n) is 19.3. The van der Waals surface area contributed by atoms with Gasteiger partial charge in [-0.05, 0) is 44.6 Å². The second kappa shape index (κ2) is 11.2. The van der Waals surface area contributed by atoms with E-state index in [1.165, 1.54) is 6.20 Å². The highest BCUT2D eigenvalue weighted by Gasteiger charge is 2.29. The Balaban J connectivity index is 1.89. The molecule has 2 heterocycles. The predicted octanol–water partition coefficient (Wildman–Crippen LogP) is 4.96. The summed E-state index contributed by atoms with van der Waals surface area (Å²) in [4.78, 5) is 12.6. The van der Waals surface area contributed by atoms with E-state index in [1.54, 1.807) is 56.8 Å². The Morgan fingerprint density at radius 1 is 1.06 bits per heavy atom. The van der Waals surface area contributed by atoms with Crippen LogP contribution < -0.4 is 26.0 Å². The van der Waals surface area contributed by atoms with E-state index < -0.39 is 19.9 Å². The van der Waals surface area contributed by atoms with Gasteiger partial charge in [-0.15, -0.1) is 0 Å². The van der Waals surface area contributed by atoms with E-state index in [4.69, 9.17) is 16.3 Å². The van der Waals surface area contributed by atoms with Crippen molar-refractivity contribution in [1.29, 1.82) is 0 Å². The molecule has 188 valence electrons. The van der Waals surface area contributed by atoms with Crippen molar-refractivity contribution in [3.8, 4) is 5.88 Å². The minimum Gasteiger partial charge on any atom is -0.467 e. The Morgan fingerprint density at radius 3 is 2.49 bits per heavy atom. The average molecular weight is 529 g/mol. The van der Waals surface area contributed by atoms with Crippen molar-refractivity contribution < 1.29 is 22.5 Å². The molecule has 0 fully saturated rings. The molecule has 8 nitrogen and oxygen atoms in total. The van der Waals surface area contributed by atoms with Crippen LogP contribution in [-0.2, 0) is 11.0 Å².